The highest BCUT2D eigenvalue weighted by molar-refractivity contribution is 6.07. The number of rotatable bonds is 16. The van der Waals surface area contributed by atoms with Crippen LogP contribution in [0.3, 0.4) is 0 Å². The molecule has 0 radical (unpaired) electrons. The van der Waals surface area contributed by atoms with Crippen LogP contribution in [0.4, 0.5) is 29.7 Å². The molecule has 272 valence electrons. The number of halogens is 2. The molecule has 0 saturated carbocycles. The number of para-hydroxylation sites is 1. The van der Waals surface area contributed by atoms with E-state index in [2.05, 4.69) is 30.4 Å². The predicted octanol–water partition coefficient (Wildman–Crippen LogP) is 4.01. The summed E-state index contributed by atoms with van der Waals surface area (Å²) >= 11 is 0. The van der Waals surface area contributed by atoms with Crippen LogP contribution < -0.4 is 25.3 Å². The first-order valence-corrected chi connectivity index (χ1v) is 15.3. The number of aliphatic imine (C=N–C) groups is 1. The molecule has 19 heteroatoms. The van der Waals surface area contributed by atoms with Crippen LogP contribution in [-0.4, -0.2) is 93.9 Å². The standard InChI is InChI=1S/C32H36F2N8O9/c1-5-47-30(44)40-27(35)20-9-6-7-10-21(20)38-25-22(46-4)15-19(24(34)26(25)48-14-13-43)16-23-39-29(42(41-23)28-36-11-8-12-37-28)49-18-50-31(45)51-32(2,3)17-33/h6-12,15,38,43H,5,13-14,16-18H2,1-4H3,(H2,35,40,44). The van der Waals surface area contributed by atoms with E-state index in [4.69, 9.17) is 34.2 Å². The van der Waals surface area contributed by atoms with Crippen LogP contribution in [0.25, 0.3) is 5.95 Å². The first-order valence-electron chi connectivity index (χ1n) is 15.3. The lowest BCUT2D eigenvalue weighted by Gasteiger charge is -2.20. The number of alkyl halides is 1. The molecule has 51 heavy (non-hydrogen) atoms. The lowest BCUT2D eigenvalue weighted by atomic mass is 10.1. The van der Waals surface area contributed by atoms with Gasteiger partial charge in [-0.15, -0.1) is 9.78 Å². The molecule has 2 heterocycles. The number of anilines is 2. The van der Waals surface area contributed by atoms with Gasteiger partial charge in [-0.2, -0.15) is 9.98 Å². The highest BCUT2D eigenvalue weighted by atomic mass is 19.1. The normalized spacial score (nSPS) is 11.5. The minimum atomic E-state index is -1.41. The molecule has 4 N–H and O–H groups in total. The second-order valence-electron chi connectivity index (χ2n) is 10.8. The molecule has 0 bridgehead atoms. The lowest BCUT2D eigenvalue weighted by molar-refractivity contribution is -0.0520. The van der Waals surface area contributed by atoms with Crippen LogP contribution in [-0.2, 0) is 20.6 Å². The Labute approximate surface area is 290 Å². The highest BCUT2D eigenvalue weighted by Crippen LogP contribution is 2.42. The van der Waals surface area contributed by atoms with Gasteiger partial charge < -0.3 is 44.6 Å². The van der Waals surface area contributed by atoms with Crippen molar-refractivity contribution in [2.45, 2.75) is 32.8 Å². The van der Waals surface area contributed by atoms with Gasteiger partial charge in [0, 0.05) is 35.6 Å². The summed E-state index contributed by atoms with van der Waals surface area (Å²) in [4.78, 5) is 40.3. The van der Waals surface area contributed by atoms with Crippen molar-refractivity contribution in [3.8, 4) is 23.5 Å². The first-order chi connectivity index (χ1) is 24.5. The van der Waals surface area contributed by atoms with E-state index in [9.17, 15) is 19.1 Å². The number of benzene rings is 2. The molecule has 0 atom stereocenters. The zero-order chi connectivity index (χ0) is 37.0. The van der Waals surface area contributed by atoms with Crippen LogP contribution in [0.5, 0.6) is 17.5 Å². The number of aromatic nitrogens is 5. The summed E-state index contributed by atoms with van der Waals surface area (Å²) in [5.74, 6) is -1.19. The van der Waals surface area contributed by atoms with Gasteiger partial charge in [0.05, 0.1) is 20.3 Å². The molecule has 4 aromatic rings. The van der Waals surface area contributed by atoms with Gasteiger partial charge in [0.1, 0.15) is 36.2 Å². The van der Waals surface area contributed by atoms with Gasteiger partial charge in [-0.05, 0) is 45.0 Å². The highest BCUT2D eigenvalue weighted by Gasteiger charge is 2.26. The van der Waals surface area contributed by atoms with Crippen molar-refractivity contribution >= 4 is 29.5 Å². The smallest absolute Gasteiger partial charge is 0.494 e. The molecule has 0 spiro atoms. The third kappa shape index (κ3) is 9.97. The number of amidine groups is 1. The fourth-order valence-electron chi connectivity index (χ4n) is 4.24. The second kappa shape index (κ2) is 17.5. The monoisotopic (exact) mass is 714 g/mol. The summed E-state index contributed by atoms with van der Waals surface area (Å²) < 4.78 is 61.9. The van der Waals surface area contributed by atoms with Crippen LogP contribution in [0, 0.1) is 5.82 Å². The average molecular weight is 715 g/mol. The van der Waals surface area contributed by atoms with Gasteiger partial charge in [0.2, 0.25) is 6.79 Å². The molecule has 0 fully saturated rings. The minimum Gasteiger partial charge on any atom is -0.494 e. The summed E-state index contributed by atoms with van der Waals surface area (Å²) in [5, 5.41) is 16.9. The molecule has 2 aromatic carbocycles. The Bertz CT molecular complexity index is 1840. The van der Waals surface area contributed by atoms with E-state index in [1.54, 1.807) is 37.3 Å². The molecule has 0 aliphatic heterocycles. The molecule has 0 aliphatic carbocycles. The SMILES string of the molecule is CCOC(=O)N=C(N)c1ccccc1Nc1c(OC)cc(Cc2nc(OCOC(=O)OC(C)(C)CF)n(-c3ncccn3)n2)c(F)c1OCCO. The van der Waals surface area contributed by atoms with Crippen molar-refractivity contribution in [2.24, 2.45) is 10.7 Å². The van der Waals surface area contributed by atoms with Crippen molar-refractivity contribution in [1.82, 2.24) is 24.7 Å². The van der Waals surface area contributed by atoms with Gasteiger partial charge in [0.15, 0.2) is 17.4 Å². The first kappa shape index (κ1) is 37.7. The molecule has 0 aliphatic rings. The van der Waals surface area contributed by atoms with Gasteiger partial charge >= 0.3 is 18.3 Å². The average Bonchev–Trinajstić information content (AvgIpc) is 3.51. The van der Waals surface area contributed by atoms with Crippen molar-refractivity contribution < 1.29 is 51.9 Å². The summed E-state index contributed by atoms with van der Waals surface area (Å²) in [6.45, 7) is 2.08. The van der Waals surface area contributed by atoms with Crippen LogP contribution in [0.1, 0.15) is 37.7 Å². The van der Waals surface area contributed by atoms with E-state index >= 15 is 4.39 Å². The minimum absolute atomic E-state index is 0.00738. The topological polar surface area (TPSA) is 217 Å². The van der Waals surface area contributed by atoms with Crippen LogP contribution in [0.15, 0.2) is 53.8 Å². The second-order valence-corrected chi connectivity index (χ2v) is 10.8. The summed E-state index contributed by atoms with van der Waals surface area (Å²) in [5.41, 5.74) is 5.33. The Morgan fingerprint density at radius 2 is 1.86 bits per heavy atom. The number of carbonyl (C=O) groups excluding carboxylic acids is 2. The maximum absolute atomic E-state index is 16.3. The van der Waals surface area contributed by atoms with Crippen molar-refractivity contribution in [3.05, 3.63) is 71.6 Å². The number of hydrogen-bond acceptors (Lipinski definition) is 14. The molecular formula is C32H36F2N8O9. The molecule has 0 saturated heterocycles. The summed E-state index contributed by atoms with van der Waals surface area (Å²) in [6, 6.07) is 9.25. The number of hydrogen-bond donors (Lipinski definition) is 3. The van der Waals surface area contributed by atoms with Gasteiger partial charge in [-0.3, -0.25) is 0 Å². The van der Waals surface area contributed by atoms with Gasteiger partial charge in [-0.1, -0.05) is 12.1 Å². The van der Waals surface area contributed by atoms with Crippen molar-refractivity contribution in [2.75, 3.05) is 45.7 Å². The van der Waals surface area contributed by atoms with Crippen LogP contribution in [0.2, 0.25) is 0 Å². The summed E-state index contributed by atoms with van der Waals surface area (Å²) in [7, 11) is 1.35. The molecule has 0 unspecified atom stereocenters. The Balaban J connectivity index is 1.68. The zero-order valence-corrected chi connectivity index (χ0v) is 28.1. The summed E-state index contributed by atoms with van der Waals surface area (Å²) in [6.07, 6.45) is 0.555. The molecule has 2 aromatic heterocycles. The largest absolute Gasteiger partial charge is 0.511 e. The number of nitrogens with zero attached hydrogens (tertiary/aromatic N) is 6. The number of carbonyl (C=O) groups is 2. The fourth-order valence-corrected chi connectivity index (χ4v) is 4.24. The molecular weight excluding hydrogens is 678 g/mol. The van der Waals surface area contributed by atoms with Crippen LogP contribution >= 0.6 is 0 Å². The number of amides is 1. The quantitative estimate of drug-likeness (QED) is 0.0647. The zero-order valence-electron chi connectivity index (χ0n) is 28.1. The molecule has 17 nitrogen and oxygen atoms in total. The third-order valence-electron chi connectivity index (χ3n) is 6.52. The van der Waals surface area contributed by atoms with E-state index in [1.165, 1.54) is 39.4 Å². The molecule has 4 rings (SSSR count). The number of nitrogens with one attached hydrogen (secondary N) is 1. The Morgan fingerprint density at radius 1 is 1.12 bits per heavy atom. The third-order valence-corrected chi connectivity index (χ3v) is 6.52. The fraction of sp³-hybridized carbons (Fsp3) is 0.344. The number of ether oxygens (including phenoxy) is 6. The van der Waals surface area contributed by atoms with E-state index in [0.717, 1.165) is 4.68 Å². The number of methoxy groups -OCH3 is 1. The van der Waals surface area contributed by atoms with Crippen molar-refractivity contribution in [1.29, 1.82) is 0 Å². The lowest BCUT2D eigenvalue weighted by Crippen LogP contribution is -2.31. The van der Waals surface area contributed by atoms with E-state index < -0.39 is 43.7 Å². The maximum atomic E-state index is 16.3. The Hall–Kier alpha value is -6.11. The van der Waals surface area contributed by atoms with Crippen molar-refractivity contribution in [3.63, 3.8) is 0 Å². The number of nitrogens with two attached hydrogens (primary N) is 1. The van der Waals surface area contributed by atoms with Gasteiger partial charge in [0.25, 0.3) is 5.95 Å². The predicted molar refractivity (Wildman–Crippen MR) is 176 cm³/mol. The number of aliphatic hydroxyl groups is 1. The maximum Gasteiger partial charge on any atom is 0.511 e. The number of aliphatic hydroxyl groups excluding tert-OH is 1. The van der Waals surface area contributed by atoms with E-state index in [1.807, 2.05) is 0 Å². The van der Waals surface area contributed by atoms with E-state index in [0.29, 0.717) is 11.3 Å². The van der Waals surface area contributed by atoms with E-state index in [-0.39, 0.29) is 66.0 Å². The van der Waals surface area contributed by atoms with Gasteiger partial charge in [-0.25, -0.2) is 28.3 Å². The Morgan fingerprint density at radius 3 is 2.55 bits per heavy atom. The molecule has 1 amide bonds. The Kier molecular flexibility index (Phi) is 13.0.